The van der Waals surface area contributed by atoms with Crippen molar-refractivity contribution in [2.24, 2.45) is 0 Å². The van der Waals surface area contributed by atoms with Gasteiger partial charge >= 0.3 is 0 Å². The number of carbonyl (C=O) groups excluding carboxylic acids is 1. The number of nitrogen functional groups attached to an aromatic ring is 1. The van der Waals surface area contributed by atoms with E-state index >= 15 is 0 Å². The zero-order valence-electron chi connectivity index (χ0n) is 13.1. The summed E-state index contributed by atoms with van der Waals surface area (Å²) in [7, 11) is 0. The molecular weight excluding hydrogens is 280 g/mol. The van der Waals surface area contributed by atoms with E-state index in [4.69, 9.17) is 5.73 Å². The number of carbonyl (C=O) groups is 1. The maximum absolute atomic E-state index is 12.7. The maximum atomic E-state index is 12.7. The van der Waals surface area contributed by atoms with Gasteiger partial charge in [-0.15, -0.1) is 11.3 Å². The Kier molecular flexibility index (Phi) is 5.23. The van der Waals surface area contributed by atoms with Gasteiger partial charge in [0.05, 0.1) is 4.88 Å². The number of hydrogen-bond acceptors (Lipinski definition) is 3. The first-order chi connectivity index (χ1) is 10.0. The van der Waals surface area contributed by atoms with E-state index in [9.17, 15) is 4.79 Å². The van der Waals surface area contributed by atoms with E-state index < -0.39 is 0 Å². The summed E-state index contributed by atoms with van der Waals surface area (Å²) >= 11 is 1.55. The summed E-state index contributed by atoms with van der Waals surface area (Å²) in [5.74, 6) is 0.140. The largest absolute Gasteiger partial charge is 0.399 e. The van der Waals surface area contributed by atoms with Crippen LogP contribution in [0.4, 0.5) is 5.69 Å². The first-order valence-corrected chi connectivity index (χ1v) is 8.44. The van der Waals surface area contributed by atoms with Crippen molar-refractivity contribution < 1.29 is 4.79 Å². The molecule has 1 aromatic heterocycles. The fourth-order valence-electron chi connectivity index (χ4n) is 2.44. The first kappa shape index (κ1) is 15.8. The van der Waals surface area contributed by atoms with Gasteiger partial charge in [0.1, 0.15) is 0 Å². The molecule has 0 saturated carbocycles. The third kappa shape index (κ3) is 3.76. The molecule has 0 aliphatic carbocycles. The van der Waals surface area contributed by atoms with Gasteiger partial charge < -0.3 is 10.6 Å². The highest BCUT2D eigenvalue weighted by Gasteiger charge is 2.20. The lowest BCUT2D eigenvalue weighted by atomic mass is 10.2. The van der Waals surface area contributed by atoms with Crippen molar-refractivity contribution in [3.8, 4) is 0 Å². The first-order valence-electron chi connectivity index (χ1n) is 7.63. The Hall–Kier alpha value is -1.55. The minimum absolute atomic E-state index is 0.140. The number of unbranched alkanes of at least 4 members (excludes halogenated alkanes) is 2. The highest BCUT2D eigenvalue weighted by molar-refractivity contribution is 7.20. The molecule has 0 unspecified atom stereocenters. The van der Waals surface area contributed by atoms with Crippen molar-refractivity contribution in [3.05, 3.63) is 29.1 Å². The third-order valence-electron chi connectivity index (χ3n) is 3.64. The van der Waals surface area contributed by atoms with E-state index in [1.807, 2.05) is 29.2 Å². The van der Waals surface area contributed by atoms with Crippen molar-refractivity contribution in [3.63, 3.8) is 0 Å². The van der Waals surface area contributed by atoms with Crippen LogP contribution in [0.15, 0.2) is 24.3 Å². The summed E-state index contributed by atoms with van der Waals surface area (Å²) in [5, 5.41) is 1.06. The molecule has 0 aliphatic heterocycles. The molecule has 0 bridgehead atoms. The van der Waals surface area contributed by atoms with Gasteiger partial charge in [0.15, 0.2) is 0 Å². The average molecular weight is 304 g/mol. The SMILES string of the molecule is CCCCCN(C(=O)c1cc2cc(N)ccc2s1)C(C)C. The number of nitrogens with two attached hydrogens (primary N) is 1. The van der Waals surface area contributed by atoms with E-state index in [0.717, 1.165) is 33.6 Å². The van der Waals surface area contributed by atoms with Crippen molar-refractivity contribution in [1.29, 1.82) is 0 Å². The summed E-state index contributed by atoms with van der Waals surface area (Å²) in [5.41, 5.74) is 6.55. The molecule has 0 atom stereocenters. The van der Waals surface area contributed by atoms with E-state index in [-0.39, 0.29) is 11.9 Å². The van der Waals surface area contributed by atoms with Crippen LogP contribution < -0.4 is 5.73 Å². The number of thiophene rings is 1. The molecule has 0 aliphatic rings. The van der Waals surface area contributed by atoms with E-state index in [2.05, 4.69) is 20.8 Å². The van der Waals surface area contributed by atoms with Gasteiger partial charge in [0.25, 0.3) is 5.91 Å². The molecule has 0 saturated heterocycles. The van der Waals surface area contributed by atoms with Crippen LogP contribution in [0.2, 0.25) is 0 Å². The Labute approximate surface area is 130 Å². The van der Waals surface area contributed by atoms with Gasteiger partial charge in [0, 0.05) is 23.0 Å². The number of benzene rings is 1. The normalized spacial score (nSPS) is 11.2. The van der Waals surface area contributed by atoms with Crippen LogP contribution in [0, 0.1) is 0 Å². The molecule has 21 heavy (non-hydrogen) atoms. The molecule has 2 aromatic rings. The third-order valence-corrected chi connectivity index (χ3v) is 4.74. The molecule has 3 nitrogen and oxygen atoms in total. The van der Waals surface area contributed by atoms with Crippen LogP contribution in [-0.2, 0) is 0 Å². The fraction of sp³-hybridized carbons (Fsp3) is 0.471. The molecule has 2 rings (SSSR count). The van der Waals surface area contributed by atoms with Crippen LogP contribution in [0.1, 0.15) is 49.7 Å². The molecule has 1 amide bonds. The lowest BCUT2D eigenvalue weighted by Crippen LogP contribution is -2.37. The lowest BCUT2D eigenvalue weighted by molar-refractivity contribution is 0.0707. The predicted molar refractivity (Wildman–Crippen MR) is 91.9 cm³/mol. The minimum atomic E-state index is 0.140. The van der Waals surface area contributed by atoms with Crippen LogP contribution in [0.5, 0.6) is 0 Å². The zero-order valence-corrected chi connectivity index (χ0v) is 13.9. The number of fused-ring (bicyclic) bond motifs is 1. The molecular formula is C17H24N2OS. The highest BCUT2D eigenvalue weighted by Crippen LogP contribution is 2.28. The van der Waals surface area contributed by atoms with Crippen LogP contribution >= 0.6 is 11.3 Å². The Balaban J connectivity index is 2.21. The van der Waals surface area contributed by atoms with Crippen molar-refractivity contribution in [1.82, 2.24) is 4.90 Å². The fourth-order valence-corrected chi connectivity index (χ4v) is 3.43. The quantitative estimate of drug-likeness (QED) is 0.630. The molecule has 0 fully saturated rings. The van der Waals surface area contributed by atoms with Gasteiger partial charge in [-0.25, -0.2) is 0 Å². The number of anilines is 1. The Morgan fingerprint density at radius 1 is 1.29 bits per heavy atom. The molecule has 1 aromatic carbocycles. The second kappa shape index (κ2) is 6.94. The van der Waals surface area contributed by atoms with Crippen LogP contribution in [-0.4, -0.2) is 23.4 Å². The Morgan fingerprint density at radius 3 is 2.71 bits per heavy atom. The minimum Gasteiger partial charge on any atom is -0.399 e. The molecule has 0 radical (unpaired) electrons. The van der Waals surface area contributed by atoms with Crippen LogP contribution in [0.25, 0.3) is 10.1 Å². The molecule has 4 heteroatoms. The summed E-state index contributed by atoms with van der Waals surface area (Å²) < 4.78 is 1.12. The monoisotopic (exact) mass is 304 g/mol. The number of nitrogens with zero attached hydrogens (tertiary/aromatic N) is 1. The van der Waals surface area contributed by atoms with E-state index in [1.54, 1.807) is 11.3 Å². The maximum Gasteiger partial charge on any atom is 0.264 e. The Morgan fingerprint density at radius 2 is 2.05 bits per heavy atom. The van der Waals surface area contributed by atoms with Gasteiger partial charge in [-0.1, -0.05) is 19.8 Å². The van der Waals surface area contributed by atoms with Gasteiger partial charge in [-0.05, 0) is 49.9 Å². The topological polar surface area (TPSA) is 46.3 Å². The number of hydrogen-bond donors (Lipinski definition) is 1. The summed E-state index contributed by atoms with van der Waals surface area (Å²) in [4.78, 5) is 15.5. The molecule has 0 spiro atoms. The number of rotatable bonds is 6. The van der Waals surface area contributed by atoms with Crippen molar-refractivity contribution in [2.45, 2.75) is 46.1 Å². The van der Waals surface area contributed by atoms with Gasteiger partial charge in [0.2, 0.25) is 0 Å². The van der Waals surface area contributed by atoms with Crippen LogP contribution in [0.3, 0.4) is 0 Å². The van der Waals surface area contributed by atoms with E-state index in [1.165, 1.54) is 12.8 Å². The van der Waals surface area contributed by atoms with E-state index in [0.29, 0.717) is 0 Å². The predicted octanol–water partition coefficient (Wildman–Crippen LogP) is 4.52. The van der Waals surface area contributed by atoms with Crippen molar-refractivity contribution in [2.75, 3.05) is 12.3 Å². The highest BCUT2D eigenvalue weighted by atomic mass is 32.1. The standard InChI is InChI=1S/C17H24N2OS/c1-4-5-6-9-19(12(2)3)17(20)16-11-13-10-14(18)7-8-15(13)21-16/h7-8,10-12H,4-6,9,18H2,1-3H3. The zero-order chi connectivity index (χ0) is 15.4. The summed E-state index contributed by atoms with van der Waals surface area (Å²) in [6.07, 6.45) is 3.40. The second-order valence-corrected chi connectivity index (χ2v) is 6.79. The summed E-state index contributed by atoms with van der Waals surface area (Å²) in [6, 6.07) is 8.00. The molecule has 1 heterocycles. The summed E-state index contributed by atoms with van der Waals surface area (Å²) in [6.45, 7) is 7.17. The van der Waals surface area contributed by atoms with Gasteiger partial charge in [-0.3, -0.25) is 4.79 Å². The molecule has 114 valence electrons. The van der Waals surface area contributed by atoms with Gasteiger partial charge in [-0.2, -0.15) is 0 Å². The number of amides is 1. The van der Waals surface area contributed by atoms with Crippen molar-refractivity contribution >= 4 is 33.0 Å². The molecule has 2 N–H and O–H groups in total. The Bertz CT molecular complexity index is 618. The smallest absolute Gasteiger partial charge is 0.264 e. The second-order valence-electron chi connectivity index (χ2n) is 5.71. The lowest BCUT2D eigenvalue weighted by Gasteiger charge is -2.26. The average Bonchev–Trinajstić information content (AvgIpc) is 2.85.